The maximum atomic E-state index is 12.7. The minimum Gasteiger partial charge on any atom is -0.378 e. The van der Waals surface area contributed by atoms with Crippen LogP contribution in [0.2, 0.25) is 0 Å². The molecule has 0 aliphatic heterocycles. The monoisotopic (exact) mass is 480 g/mol. The lowest BCUT2D eigenvalue weighted by Gasteiger charge is -2.26. The van der Waals surface area contributed by atoms with E-state index in [0.29, 0.717) is 39.3 Å². The first-order valence-electron chi connectivity index (χ1n) is 10.2. The van der Waals surface area contributed by atoms with Crippen molar-refractivity contribution < 1.29 is 24.4 Å². The van der Waals surface area contributed by atoms with Crippen LogP contribution in [-0.4, -0.2) is 48.7 Å². The van der Waals surface area contributed by atoms with Crippen molar-refractivity contribution in [3.63, 3.8) is 0 Å². The van der Waals surface area contributed by atoms with Gasteiger partial charge >= 0.3 is 0 Å². The normalized spacial score (nSPS) is 11.3. The van der Waals surface area contributed by atoms with Crippen molar-refractivity contribution in [1.29, 1.82) is 0 Å². The van der Waals surface area contributed by atoms with E-state index in [1.54, 1.807) is 54.0 Å². The van der Waals surface area contributed by atoms with Crippen molar-refractivity contribution in [2.24, 2.45) is 0 Å². The van der Waals surface area contributed by atoms with E-state index in [9.17, 15) is 24.4 Å². The Morgan fingerprint density at radius 3 is 2.29 bits per heavy atom. The van der Waals surface area contributed by atoms with Crippen LogP contribution in [0.5, 0.6) is 0 Å². The van der Waals surface area contributed by atoms with Crippen LogP contribution in [-0.2, 0) is 16.1 Å². The van der Waals surface area contributed by atoms with Gasteiger partial charge in [-0.2, -0.15) is 0 Å². The van der Waals surface area contributed by atoms with Gasteiger partial charge in [0.25, 0.3) is 11.8 Å². The number of amides is 3. The smallest absolute Gasteiger partial charge is 0.270 e. The zero-order valence-electron chi connectivity index (χ0n) is 18.6. The summed E-state index contributed by atoms with van der Waals surface area (Å²) in [6.07, 6.45) is 1.11. The molecule has 10 heteroatoms. The van der Waals surface area contributed by atoms with Gasteiger partial charge in [-0.15, -0.1) is 11.3 Å². The Kier molecular flexibility index (Phi) is 8.12. The summed E-state index contributed by atoms with van der Waals surface area (Å²) >= 11 is 1.06. The number of carbonyl (C=O) groups is 4. The average Bonchev–Trinajstić information content (AvgIpc) is 3.24. The molecule has 0 fully saturated rings. The molecule has 34 heavy (non-hydrogen) atoms. The molecule has 0 bridgehead atoms. The van der Waals surface area contributed by atoms with E-state index in [0.717, 1.165) is 17.0 Å². The maximum absolute atomic E-state index is 12.7. The summed E-state index contributed by atoms with van der Waals surface area (Å²) in [6, 6.07) is 16.0. The predicted octanol–water partition coefficient (Wildman–Crippen LogP) is 3.08. The van der Waals surface area contributed by atoms with Crippen LogP contribution in [0, 0.1) is 0 Å². The first-order valence-corrected chi connectivity index (χ1v) is 11.1. The number of nitrogens with one attached hydrogen (secondary N) is 2. The minimum atomic E-state index is -1.11. The number of aldehydes is 1. The number of carbonyl (C=O) groups excluding carboxylic acids is 4. The quantitative estimate of drug-likeness (QED) is 0.233. The Balaban J connectivity index is 1.82. The Morgan fingerprint density at radius 2 is 1.74 bits per heavy atom. The Labute approximate surface area is 200 Å². The molecule has 0 aliphatic rings. The van der Waals surface area contributed by atoms with Crippen molar-refractivity contribution in [3.8, 4) is 0 Å². The second-order valence-corrected chi connectivity index (χ2v) is 8.66. The van der Waals surface area contributed by atoms with E-state index >= 15 is 0 Å². The van der Waals surface area contributed by atoms with Gasteiger partial charge in [0.15, 0.2) is 6.29 Å². The largest absolute Gasteiger partial charge is 0.378 e. The van der Waals surface area contributed by atoms with Crippen LogP contribution in [0.25, 0.3) is 0 Å². The molecule has 3 N–H and O–H groups in total. The second-order valence-electron chi connectivity index (χ2n) is 7.58. The molecule has 9 nitrogen and oxygen atoms in total. The van der Waals surface area contributed by atoms with Crippen LogP contribution >= 0.6 is 11.3 Å². The molecule has 3 amide bonds. The average molecular weight is 481 g/mol. The van der Waals surface area contributed by atoms with Gasteiger partial charge in [0.1, 0.15) is 6.04 Å². The lowest BCUT2D eigenvalue weighted by molar-refractivity contribution is -0.139. The lowest BCUT2D eigenvalue weighted by Crippen LogP contribution is -2.38. The van der Waals surface area contributed by atoms with Crippen molar-refractivity contribution in [1.82, 2.24) is 10.4 Å². The van der Waals surface area contributed by atoms with Crippen molar-refractivity contribution >= 4 is 46.5 Å². The third-order valence-corrected chi connectivity index (χ3v) is 6.14. The number of benzene rings is 2. The van der Waals surface area contributed by atoms with E-state index in [-0.39, 0.29) is 12.5 Å². The van der Waals surface area contributed by atoms with Gasteiger partial charge in [-0.25, -0.2) is 5.48 Å². The molecule has 3 rings (SSSR count). The van der Waals surface area contributed by atoms with Gasteiger partial charge < -0.3 is 15.1 Å². The fourth-order valence-corrected chi connectivity index (χ4v) is 4.28. The number of rotatable bonds is 10. The van der Waals surface area contributed by atoms with Gasteiger partial charge in [-0.1, -0.05) is 30.3 Å². The highest BCUT2D eigenvalue weighted by Gasteiger charge is 2.28. The number of anilines is 2. The number of hydrogen-bond donors (Lipinski definition) is 3. The molecule has 2 aromatic carbocycles. The third kappa shape index (κ3) is 5.66. The molecule has 0 aliphatic carbocycles. The highest BCUT2D eigenvalue weighted by molar-refractivity contribution is 7.18. The number of hydroxylamine groups is 1. The summed E-state index contributed by atoms with van der Waals surface area (Å²) in [5, 5.41) is 12.4. The molecule has 176 valence electrons. The summed E-state index contributed by atoms with van der Waals surface area (Å²) in [5.41, 5.74) is 3.93. The maximum Gasteiger partial charge on any atom is 0.270 e. The van der Waals surface area contributed by atoms with Gasteiger partial charge in [-0.05, 0) is 41.5 Å². The molecular formula is C24H24N4O5S. The standard InChI is InChI=1S/C24H24N4O5S/c1-27(2)19-10-8-17(9-11-19)23(31)25-21-12-18(20(14-29)34-21)13-28(15-30)22(24(32)26-33)16-6-4-3-5-7-16/h3-12,14-15,22,33H,13H2,1-2H3,(H,25,31)(H,26,32)/t22-/m1/s1. The fourth-order valence-electron chi connectivity index (χ4n) is 3.40. The molecule has 0 saturated carbocycles. The topological polar surface area (TPSA) is 119 Å². The summed E-state index contributed by atoms with van der Waals surface area (Å²) in [7, 11) is 3.80. The number of thiophene rings is 1. The van der Waals surface area contributed by atoms with Crippen molar-refractivity contribution in [3.05, 3.63) is 82.2 Å². The first kappa shape index (κ1) is 24.6. The second kappa shape index (κ2) is 11.2. The van der Waals surface area contributed by atoms with E-state index in [4.69, 9.17) is 0 Å². The van der Waals surface area contributed by atoms with Gasteiger partial charge in [0.05, 0.1) is 9.88 Å². The summed E-state index contributed by atoms with van der Waals surface area (Å²) in [4.78, 5) is 51.9. The zero-order valence-corrected chi connectivity index (χ0v) is 19.4. The summed E-state index contributed by atoms with van der Waals surface area (Å²) in [5.74, 6) is -1.14. The van der Waals surface area contributed by atoms with E-state index in [1.165, 1.54) is 4.90 Å². The molecule has 3 aromatic rings. The van der Waals surface area contributed by atoms with Crippen molar-refractivity contribution in [2.45, 2.75) is 12.6 Å². The van der Waals surface area contributed by atoms with Crippen LogP contribution < -0.4 is 15.7 Å². The zero-order chi connectivity index (χ0) is 24.7. The van der Waals surface area contributed by atoms with E-state index in [2.05, 4.69) is 5.32 Å². The molecular weight excluding hydrogens is 456 g/mol. The lowest BCUT2D eigenvalue weighted by atomic mass is 10.0. The van der Waals surface area contributed by atoms with Crippen LogP contribution in [0.15, 0.2) is 60.7 Å². The van der Waals surface area contributed by atoms with Gasteiger partial charge in [0.2, 0.25) is 6.41 Å². The molecule has 0 spiro atoms. The highest BCUT2D eigenvalue weighted by atomic mass is 32.1. The number of nitrogens with zero attached hydrogens (tertiary/aromatic N) is 2. The Hall–Kier alpha value is -4.02. The van der Waals surface area contributed by atoms with Crippen LogP contribution in [0.4, 0.5) is 10.7 Å². The van der Waals surface area contributed by atoms with E-state index < -0.39 is 11.9 Å². The van der Waals surface area contributed by atoms with Crippen LogP contribution in [0.1, 0.15) is 37.2 Å². The SMILES string of the molecule is CN(C)c1ccc(C(=O)Nc2cc(CN(C=O)[C@@H](C(=O)NO)c3ccccc3)c(C=O)s2)cc1. The Morgan fingerprint density at radius 1 is 1.06 bits per heavy atom. The minimum absolute atomic E-state index is 0.0888. The van der Waals surface area contributed by atoms with Crippen LogP contribution in [0.3, 0.4) is 0 Å². The number of hydrogen-bond acceptors (Lipinski definition) is 7. The molecule has 0 unspecified atom stereocenters. The molecule has 0 radical (unpaired) electrons. The molecule has 0 saturated heterocycles. The summed E-state index contributed by atoms with van der Waals surface area (Å²) < 4.78 is 0. The predicted molar refractivity (Wildman–Crippen MR) is 129 cm³/mol. The molecule has 1 aromatic heterocycles. The van der Waals surface area contributed by atoms with E-state index in [1.807, 2.05) is 31.1 Å². The highest BCUT2D eigenvalue weighted by Crippen LogP contribution is 2.30. The van der Waals surface area contributed by atoms with Gasteiger partial charge in [-0.3, -0.25) is 24.4 Å². The Bertz CT molecular complexity index is 1160. The summed E-state index contributed by atoms with van der Waals surface area (Å²) in [6.45, 7) is -0.0888. The van der Waals surface area contributed by atoms with Gasteiger partial charge in [0, 0.05) is 31.9 Å². The van der Waals surface area contributed by atoms with Crippen molar-refractivity contribution in [2.75, 3.05) is 24.3 Å². The first-order chi connectivity index (χ1) is 16.4. The molecule has 1 heterocycles. The fraction of sp³-hybridized carbons (Fsp3) is 0.167. The third-order valence-electron chi connectivity index (χ3n) is 5.13. The molecule has 1 atom stereocenters.